The van der Waals surface area contributed by atoms with Crippen molar-refractivity contribution in [3.8, 4) is 0 Å². The van der Waals surface area contributed by atoms with Crippen LogP contribution < -0.4 is 0 Å². The molecule has 0 atom stereocenters. The Bertz CT molecular complexity index is 1010. The number of benzene rings is 2. The molecule has 0 N–H and O–H groups in total. The predicted octanol–water partition coefficient (Wildman–Crippen LogP) is 2.93. The molecule has 132 valence electrons. The molecule has 2 aromatic carbocycles. The fourth-order valence-electron chi connectivity index (χ4n) is 3.84. The minimum atomic E-state index is 0.587. The van der Waals surface area contributed by atoms with E-state index in [9.17, 15) is 0 Å². The quantitative estimate of drug-likeness (QED) is 0.557. The van der Waals surface area contributed by atoms with Gasteiger partial charge in [0.15, 0.2) is 0 Å². The van der Waals surface area contributed by atoms with Gasteiger partial charge in [-0.15, -0.1) is 0 Å². The lowest BCUT2D eigenvalue weighted by Gasteiger charge is -2.16. The molecule has 0 bridgehead atoms. The maximum absolute atomic E-state index is 4.87. The third-order valence-corrected chi connectivity index (χ3v) is 5.18. The van der Waals surface area contributed by atoms with Gasteiger partial charge in [0.05, 0.1) is 11.0 Å². The Balaban J connectivity index is 1.48. The Morgan fingerprint density at radius 1 is 0.769 bits per heavy atom. The summed E-state index contributed by atoms with van der Waals surface area (Å²) in [7, 11) is 0. The molecular formula is C20H22N6. The number of fused-ring (bicyclic) bond motifs is 2. The van der Waals surface area contributed by atoms with E-state index in [4.69, 9.17) is 4.98 Å². The molecular weight excluding hydrogens is 324 g/mol. The normalized spacial score (nSPS) is 15.4. The van der Waals surface area contributed by atoms with Gasteiger partial charge in [0.2, 0.25) is 0 Å². The van der Waals surface area contributed by atoms with E-state index in [2.05, 4.69) is 37.9 Å². The zero-order valence-corrected chi connectivity index (χ0v) is 14.8. The highest BCUT2D eigenvalue weighted by Crippen LogP contribution is 2.18. The molecule has 3 heterocycles. The van der Waals surface area contributed by atoms with Crippen LogP contribution in [0, 0.1) is 0 Å². The Morgan fingerprint density at radius 2 is 1.42 bits per heavy atom. The topological polar surface area (TPSA) is 51.8 Å². The summed E-state index contributed by atoms with van der Waals surface area (Å²) >= 11 is 0. The molecule has 5 rings (SSSR count). The van der Waals surface area contributed by atoms with Crippen LogP contribution >= 0.6 is 0 Å². The molecule has 0 unspecified atom stereocenters. The number of aromatic nitrogens is 5. The number of hydrogen-bond acceptors (Lipinski definition) is 4. The smallest absolute Gasteiger partial charge is 0.133 e. The Kier molecular flexibility index (Phi) is 3.90. The van der Waals surface area contributed by atoms with E-state index in [-0.39, 0.29) is 0 Å². The van der Waals surface area contributed by atoms with Crippen LogP contribution in [0.5, 0.6) is 0 Å². The highest BCUT2D eigenvalue weighted by molar-refractivity contribution is 5.76. The van der Waals surface area contributed by atoms with E-state index >= 15 is 0 Å². The lowest BCUT2D eigenvalue weighted by molar-refractivity contribution is 0.321. The second kappa shape index (κ2) is 6.53. The molecule has 1 fully saturated rings. The first kappa shape index (κ1) is 15.5. The number of para-hydroxylation sites is 2. The van der Waals surface area contributed by atoms with Crippen LogP contribution in [0.1, 0.15) is 18.7 Å². The largest absolute Gasteiger partial charge is 0.325 e. The van der Waals surface area contributed by atoms with Gasteiger partial charge in [0.1, 0.15) is 23.4 Å². The minimum Gasteiger partial charge on any atom is -0.325 e. The molecule has 0 radical (unpaired) electrons. The zero-order valence-electron chi connectivity index (χ0n) is 14.8. The van der Waals surface area contributed by atoms with Crippen LogP contribution in [0.25, 0.3) is 22.1 Å². The van der Waals surface area contributed by atoms with Crippen LogP contribution in [-0.4, -0.2) is 49.1 Å². The van der Waals surface area contributed by atoms with Crippen molar-refractivity contribution in [2.45, 2.75) is 25.9 Å². The van der Waals surface area contributed by atoms with Gasteiger partial charge in [-0.25, -0.2) is 4.98 Å². The van der Waals surface area contributed by atoms with Gasteiger partial charge in [-0.1, -0.05) is 24.3 Å². The molecule has 2 aromatic heterocycles. The van der Waals surface area contributed by atoms with Gasteiger partial charge >= 0.3 is 0 Å². The Hall–Kier alpha value is -2.73. The maximum Gasteiger partial charge on any atom is 0.133 e. The molecule has 0 amide bonds. The van der Waals surface area contributed by atoms with Gasteiger partial charge in [0, 0.05) is 13.1 Å². The monoisotopic (exact) mass is 346 g/mol. The molecule has 6 nitrogen and oxygen atoms in total. The lowest BCUT2D eigenvalue weighted by atomic mass is 10.3. The molecule has 0 spiro atoms. The number of likely N-dealkylation sites (tertiary alicyclic amines) is 1. The van der Waals surface area contributed by atoms with Gasteiger partial charge in [-0.3, -0.25) is 0 Å². The van der Waals surface area contributed by atoms with E-state index < -0.39 is 0 Å². The lowest BCUT2D eigenvalue weighted by Crippen LogP contribution is -2.25. The SMILES string of the molecule is c1ccc2nn(Cc3nc4ccccc4n3CCN3CCCC3)nc2c1. The zero-order chi connectivity index (χ0) is 17.3. The van der Waals surface area contributed by atoms with Crippen molar-refractivity contribution < 1.29 is 0 Å². The fraction of sp³-hybridized carbons (Fsp3) is 0.350. The third kappa shape index (κ3) is 2.86. The van der Waals surface area contributed by atoms with Crippen molar-refractivity contribution in [1.82, 2.24) is 29.4 Å². The fourth-order valence-corrected chi connectivity index (χ4v) is 3.84. The summed E-state index contributed by atoms with van der Waals surface area (Å²) in [6.45, 7) is 5.05. The van der Waals surface area contributed by atoms with Crippen molar-refractivity contribution in [2.24, 2.45) is 0 Å². The summed E-state index contributed by atoms with van der Waals surface area (Å²) in [4.78, 5) is 9.17. The van der Waals surface area contributed by atoms with E-state index in [1.807, 2.05) is 30.3 Å². The van der Waals surface area contributed by atoms with Crippen molar-refractivity contribution in [3.05, 3.63) is 54.4 Å². The summed E-state index contributed by atoms with van der Waals surface area (Å²) in [5.74, 6) is 1.02. The minimum absolute atomic E-state index is 0.587. The number of rotatable bonds is 5. The molecule has 0 aliphatic carbocycles. The summed E-state index contributed by atoms with van der Waals surface area (Å²) in [5.41, 5.74) is 4.08. The summed E-state index contributed by atoms with van der Waals surface area (Å²) < 4.78 is 2.34. The van der Waals surface area contributed by atoms with Gasteiger partial charge in [0.25, 0.3) is 0 Å². The van der Waals surface area contributed by atoms with E-state index in [0.29, 0.717) is 6.54 Å². The van der Waals surface area contributed by atoms with E-state index in [1.54, 1.807) is 4.80 Å². The molecule has 4 aromatic rings. The Morgan fingerprint density at radius 3 is 2.15 bits per heavy atom. The average molecular weight is 346 g/mol. The molecule has 0 saturated carbocycles. The molecule has 1 aliphatic heterocycles. The highest BCUT2D eigenvalue weighted by Gasteiger charge is 2.15. The second-order valence-electron chi connectivity index (χ2n) is 6.94. The van der Waals surface area contributed by atoms with Crippen LogP contribution in [-0.2, 0) is 13.1 Å². The first-order valence-electron chi connectivity index (χ1n) is 9.33. The molecule has 1 aliphatic rings. The molecule has 1 saturated heterocycles. The third-order valence-electron chi connectivity index (χ3n) is 5.18. The summed E-state index contributed by atoms with van der Waals surface area (Å²) in [6, 6.07) is 16.3. The maximum atomic E-state index is 4.87. The average Bonchev–Trinajstić information content (AvgIpc) is 3.38. The van der Waals surface area contributed by atoms with Crippen LogP contribution in [0.2, 0.25) is 0 Å². The van der Waals surface area contributed by atoms with Crippen LogP contribution in [0.15, 0.2) is 48.5 Å². The first-order valence-corrected chi connectivity index (χ1v) is 9.33. The van der Waals surface area contributed by atoms with E-state index in [1.165, 1.54) is 31.4 Å². The van der Waals surface area contributed by atoms with Crippen molar-refractivity contribution in [1.29, 1.82) is 0 Å². The van der Waals surface area contributed by atoms with Crippen molar-refractivity contribution in [2.75, 3.05) is 19.6 Å². The van der Waals surface area contributed by atoms with Gasteiger partial charge < -0.3 is 9.47 Å². The van der Waals surface area contributed by atoms with E-state index in [0.717, 1.165) is 35.5 Å². The van der Waals surface area contributed by atoms with Gasteiger partial charge in [-0.2, -0.15) is 15.0 Å². The highest BCUT2D eigenvalue weighted by atomic mass is 15.5. The van der Waals surface area contributed by atoms with Gasteiger partial charge in [-0.05, 0) is 50.2 Å². The summed E-state index contributed by atoms with van der Waals surface area (Å²) in [5, 5.41) is 9.20. The van der Waals surface area contributed by atoms with Crippen LogP contribution in [0.4, 0.5) is 0 Å². The standard InChI is InChI=1S/C20H22N6/c1-2-8-17-16(7-1)22-26(23-17)15-20-21-18-9-3-4-10-19(18)25(20)14-13-24-11-5-6-12-24/h1-4,7-10H,5-6,11-15H2. The van der Waals surface area contributed by atoms with Crippen LogP contribution in [0.3, 0.4) is 0 Å². The van der Waals surface area contributed by atoms with Crippen molar-refractivity contribution >= 4 is 22.1 Å². The predicted molar refractivity (Wildman–Crippen MR) is 102 cm³/mol. The second-order valence-corrected chi connectivity index (χ2v) is 6.94. The molecule has 6 heteroatoms. The molecule has 26 heavy (non-hydrogen) atoms. The Labute approximate surface area is 152 Å². The number of nitrogens with zero attached hydrogens (tertiary/aromatic N) is 6. The summed E-state index contributed by atoms with van der Waals surface area (Å²) in [6.07, 6.45) is 2.64. The number of imidazole rings is 1. The number of hydrogen-bond donors (Lipinski definition) is 0. The first-order chi connectivity index (χ1) is 12.9. The van der Waals surface area contributed by atoms with Crippen molar-refractivity contribution in [3.63, 3.8) is 0 Å².